The summed E-state index contributed by atoms with van der Waals surface area (Å²) < 4.78 is 37.7. The van der Waals surface area contributed by atoms with E-state index in [1.165, 1.54) is 0 Å². The molecule has 2 nitrogen and oxygen atoms in total. The number of hydrogen-bond acceptors (Lipinski definition) is 1. The number of hydrogen-bond donors (Lipinski definition) is 1. The zero-order valence-electron chi connectivity index (χ0n) is 11.4. The molecule has 2 fully saturated rings. The Labute approximate surface area is 122 Å². The smallest absolute Gasteiger partial charge is 0.353 e. The van der Waals surface area contributed by atoms with Gasteiger partial charge in [-0.3, -0.25) is 4.79 Å². The Morgan fingerprint density at radius 1 is 0.950 bits per heavy atom. The fourth-order valence-electron chi connectivity index (χ4n) is 3.20. The van der Waals surface area contributed by atoms with Gasteiger partial charge in [0.2, 0.25) is 5.91 Å². The van der Waals surface area contributed by atoms with Gasteiger partial charge in [-0.05, 0) is 51.4 Å². The Morgan fingerprint density at radius 3 is 2.00 bits per heavy atom. The van der Waals surface area contributed by atoms with Gasteiger partial charge >= 0.3 is 6.18 Å². The van der Waals surface area contributed by atoms with E-state index in [0.29, 0.717) is 12.8 Å². The minimum absolute atomic E-state index is 0.0661. The molecular weight excluding hydrogens is 291 g/mol. The Kier molecular flexibility index (Phi) is 5.21. The van der Waals surface area contributed by atoms with E-state index in [1.807, 2.05) is 0 Å². The van der Waals surface area contributed by atoms with Crippen LogP contribution in [0.3, 0.4) is 0 Å². The Balaban J connectivity index is 1.75. The lowest BCUT2D eigenvalue weighted by molar-refractivity contribution is -0.184. The Morgan fingerprint density at radius 2 is 1.50 bits per heavy atom. The number of carbonyl (C=O) groups is 1. The maximum absolute atomic E-state index is 12.6. The summed E-state index contributed by atoms with van der Waals surface area (Å²) in [5, 5.41) is 3.18. The van der Waals surface area contributed by atoms with E-state index in [4.69, 9.17) is 11.6 Å². The summed E-state index contributed by atoms with van der Waals surface area (Å²) in [6, 6.07) is 0.151. The maximum Gasteiger partial charge on any atom is 0.391 e. The van der Waals surface area contributed by atoms with Gasteiger partial charge in [-0.25, -0.2) is 0 Å². The molecule has 2 rings (SSSR count). The van der Waals surface area contributed by atoms with Crippen molar-refractivity contribution in [3.05, 3.63) is 0 Å². The Bertz CT molecular complexity index is 332. The topological polar surface area (TPSA) is 29.1 Å². The molecule has 20 heavy (non-hydrogen) atoms. The minimum atomic E-state index is -4.11. The quantitative estimate of drug-likeness (QED) is 0.767. The predicted molar refractivity (Wildman–Crippen MR) is 71.5 cm³/mol. The van der Waals surface area contributed by atoms with Gasteiger partial charge in [-0.1, -0.05) is 0 Å². The largest absolute Gasteiger partial charge is 0.391 e. The lowest BCUT2D eigenvalue weighted by atomic mass is 9.81. The molecular formula is C14H21ClF3NO. The van der Waals surface area contributed by atoms with Crippen LogP contribution >= 0.6 is 11.6 Å². The van der Waals surface area contributed by atoms with Crippen LogP contribution in [0.15, 0.2) is 0 Å². The van der Waals surface area contributed by atoms with Crippen LogP contribution in [0.1, 0.15) is 51.4 Å². The molecule has 1 N–H and O–H groups in total. The summed E-state index contributed by atoms with van der Waals surface area (Å²) in [4.78, 5) is 12.1. The predicted octanol–water partition coefficient (Wildman–Crippen LogP) is 4.02. The average molecular weight is 312 g/mol. The molecule has 1 amide bonds. The summed E-state index contributed by atoms with van der Waals surface area (Å²) in [5.41, 5.74) is 0. The van der Waals surface area contributed by atoms with Crippen molar-refractivity contribution in [1.29, 1.82) is 0 Å². The molecule has 0 aliphatic heterocycles. The maximum atomic E-state index is 12.6. The second-order valence-electron chi connectivity index (χ2n) is 6.05. The molecule has 0 unspecified atom stereocenters. The molecule has 0 spiro atoms. The van der Waals surface area contributed by atoms with Gasteiger partial charge in [0.1, 0.15) is 0 Å². The number of alkyl halides is 4. The number of halogens is 4. The summed E-state index contributed by atoms with van der Waals surface area (Å²) >= 11 is 6.01. The first-order chi connectivity index (χ1) is 9.36. The molecule has 116 valence electrons. The highest BCUT2D eigenvalue weighted by atomic mass is 35.5. The zero-order valence-corrected chi connectivity index (χ0v) is 12.1. The van der Waals surface area contributed by atoms with Gasteiger partial charge < -0.3 is 5.32 Å². The summed E-state index contributed by atoms with van der Waals surface area (Å²) in [7, 11) is 0. The number of amides is 1. The first-order valence-corrected chi connectivity index (χ1v) is 7.81. The van der Waals surface area contributed by atoms with Crippen LogP contribution in [-0.2, 0) is 4.79 Å². The van der Waals surface area contributed by atoms with Crippen LogP contribution in [-0.4, -0.2) is 23.5 Å². The van der Waals surface area contributed by atoms with Gasteiger partial charge in [-0.15, -0.1) is 11.6 Å². The molecule has 0 aromatic heterocycles. The molecule has 2 saturated carbocycles. The van der Waals surface area contributed by atoms with Crippen molar-refractivity contribution in [2.24, 2.45) is 11.8 Å². The highest BCUT2D eigenvalue weighted by Crippen LogP contribution is 2.39. The zero-order chi connectivity index (χ0) is 14.8. The fraction of sp³-hybridized carbons (Fsp3) is 0.929. The molecule has 2 aliphatic rings. The van der Waals surface area contributed by atoms with Crippen molar-refractivity contribution in [2.75, 3.05) is 0 Å². The average Bonchev–Trinajstić information content (AvgIpc) is 2.40. The van der Waals surface area contributed by atoms with E-state index in [-0.39, 0.29) is 36.1 Å². The summed E-state index contributed by atoms with van der Waals surface area (Å²) in [6.45, 7) is 0. The van der Waals surface area contributed by atoms with Crippen molar-refractivity contribution >= 4 is 17.5 Å². The first kappa shape index (κ1) is 15.9. The van der Waals surface area contributed by atoms with E-state index in [0.717, 1.165) is 25.7 Å². The fourth-order valence-corrected chi connectivity index (χ4v) is 3.45. The van der Waals surface area contributed by atoms with Crippen LogP contribution in [0, 0.1) is 11.8 Å². The standard InChI is InChI=1S/C14H21ClF3NO/c15-11-5-7-12(8-6-11)19-13(20)9-1-3-10(4-2-9)14(16,17)18/h9-12H,1-8H2,(H,19,20). The molecule has 0 aromatic rings. The van der Waals surface area contributed by atoms with Crippen molar-refractivity contribution < 1.29 is 18.0 Å². The van der Waals surface area contributed by atoms with Crippen LogP contribution in [0.25, 0.3) is 0 Å². The minimum Gasteiger partial charge on any atom is -0.353 e. The first-order valence-electron chi connectivity index (χ1n) is 7.37. The van der Waals surface area contributed by atoms with Crippen LogP contribution < -0.4 is 5.32 Å². The molecule has 0 bridgehead atoms. The monoisotopic (exact) mass is 311 g/mol. The normalized spacial score (nSPS) is 35.6. The van der Waals surface area contributed by atoms with Crippen LogP contribution in [0.5, 0.6) is 0 Å². The molecule has 2 aliphatic carbocycles. The van der Waals surface area contributed by atoms with Gasteiger partial charge in [0.25, 0.3) is 0 Å². The van der Waals surface area contributed by atoms with Crippen molar-refractivity contribution in [3.63, 3.8) is 0 Å². The van der Waals surface area contributed by atoms with E-state index in [9.17, 15) is 18.0 Å². The second-order valence-corrected chi connectivity index (χ2v) is 6.66. The number of carbonyl (C=O) groups excluding carboxylic acids is 1. The highest BCUT2D eigenvalue weighted by Gasteiger charge is 2.42. The third-order valence-corrected chi connectivity index (χ3v) is 5.00. The molecule has 0 radical (unpaired) electrons. The van der Waals surface area contributed by atoms with E-state index < -0.39 is 12.1 Å². The third kappa shape index (κ3) is 4.27. The van der Waals surface area contributed by atoms with E-state index in [1.54, 1.807) is 0 Å². The lowest BCUT2D eigenvalue weighted by Crippen LogP contribution is -2.42. The molecule has 0 saturated heterocycles. The number of rotatable bonds is 2. The SMILES string of the molecule is O=C(NC1CCC(Cl)CC1)C1CCC(C(F)(F)F)CC1. The van der Waals surface area contributed by atoms with Gasteiger partial charge in [0.05, 0.1) is 5.92 Å². The summed E-state index contributed by atoms with van der Waals surface area (Å²) in [5.74, 6) is -1.54. The van der Waals surface area contributed by atoms with Gasteiger partial charge in [0, 0.05) is 17.3 Å². The van der Waals surface area contributed by atoms with E-state index >= 15 is 0 Å². The Hall–Kier alpha value is -0.450. The van der Waals surface area contributed by atoms with Crippen molar-refractivity contribution in [2.45, 2.75) is 69.0 Å². The second kappa shape index (κ2) is 6.54. The highest BCUT2D eigenvalue weighted by molar-refractivity contribution is 6.20. The third-order valence-electron chi connectivity index (χ3n) is 4.56. The van der Waals surface area contributed by atoms with Crippen molar-refractivity contribution in [3.8, 4) is 0 Å². The van der Waals surface area contributed by atoms with Gasteiger partial charge in [0.15, 0.2) is 0 Å². The van der Waals surface area contributed by atoms with E-state index in [2.05, 4.69) is 5.32 Å². The molecule has 0 heterocycles. The van der Waals surface area contributed by atoms with Crippen LogP contribution in [0.2, 0.25) is 0 Å². The van der Waals surface area contributed by atoms with Gasteiger partial charge in [-0.2, -0.15) is 13.2 Å². The molecule has 6 heteroatoms. The number of nitrogens with one attached hydrogen (secondary N) is 1. The van der Waals surface area contributed by atoms with Crippen molar-refractivity contribution in [1.82, 2.24) is 5.32 Å². The van der Waals surface area contributed by atoms with Crippen LogP contribution in [0.4, 0.5) is 13.2 Å². The lowest BCUT2D eigenvalue weighted by Gasteiger charge is -2.31. The summed E-state index contributed by atoms with van der Waals surface area (Å²) in [6.07, 6.45) is 0.282. The molecule has 0 aromatic carbocycles. The molecule has 0 atom stereocenters.